The number of nitrogen functional groups attached to an aromatic ring is 1. The van der Waals surface area contributed by atoms with Crippen molar-refractivity contribution in [1.82, 2.24) is 4.90 Å². The van der Waals surface area contributed by atoms with Crippen LogP contribution in [0, 0.1) is 0 Å². The molecule has 0 aromatic heterocycles. The van der Waals surface area contributed by atoms with Crippen molar-refractivity contribution in [3.05, 3.63) is 23.2 Å². The van der Waals surface area contributed by atoms with Crippen LogP contribution < -0.4 is 10.5 Å². The van der Waals surface area contributed by atoms with Crippen molar-refractivity contribution in [1.29, 1.82) is 0 Å². The van der Waals surface area contributed by atoms with Gasteiger partial charge in [-0.1, -0.05) is 17.7 Å². The van der Waals surface area contributed by atoms with Crippen molar-refractivity contribution in [2.24, 2.45) is 0 Å². The van der Waals surface area contributed by atoms with E-state index in [0.29, 0.717) is 23.1 Å². The Bertz CT molecular complexity index is 346. The van der Waals surface area contributed by atoms with Gasteiger partial charge in [0.25, 0.3) is 0 Å². The molecule has 0 saturated heterocycles. The van der Waals surface area contributed by atoms with Gasteiger partial charge in [0, 0.05) is 12.6 Å². The van der Waals surface area contributed by atoms with Crippen molar-refractivity contribution < 1.29 is 4.74 Å². The third kappa shape index (κ3) is 2.80. The van der Waals surface area contributed by atoms with Crippen LogP contribution in [0.15, 0.2) is 18.2 Å². The molecular formula is C12H17ClN2O. The lowest BCUT2D eigenvalue weighted by molar-refractivity contribution is 0.233. The molecule has 1 fully saturated rings. The fraction of sp³-hybridized carbons (Fsp3) is 0.500. The molecule has 0 bridgehead atoms. The molecule has 0 amide bonds. The molecular weight excluding hydrogens is 224 g/mol. The predicted molar refractivity (Wildman–Crippen MR) is 67.0 cm³/mol. The van der Waals surface area contributed by atoms with E-state index in [1.807, 2.05) is 6.07 Å². The summed E-state index contributed by atoms with van der Waals surface area (Å²) in [5, 5.41) is 0.578. The number of ether oxygens (including phenoxy) is 1. The Morgan fingerprint density at radius 3 is 2.88 bits per heavy atom. The molecule has 88 valence electrons. The van der Waals surface area contributed by atoms with E-state index in [2.05, 4.69) is 11.9 Å². The highest BCUT2D eigenvalue weighted by Gasteiger charge is 2.25. The quantitative estimate of drug-likeness (QED) is 0.804. The van der Waals surface area contributed by atoms with Crippen LogP contribution >= 0.6 is 11.6 Å². The zero-order valence-corrected chi connectivity index (χ0v) is 10.2. The van der Waals surface area contributed by atoms with Gasteiger partial charge in [0.15, 0.2) is 5.75 Å². The van der Waals surface area contributed by atoms with Crippen LogP contribution in [0.3, 0.4) is 0 Å². The van der Waals surface area contributed by atoms with E-state index in [1.165, 1.54) is 12.8 Å². The number of nitrogens with zero attached hydrogens (tertiary/aromatic N) is 1. The summed E-state index contributed by atoms with van der Waals surface area (Å²) in [5.74, 6) is 0.605. The van der Waals surface area contributed by atoms with Gasteiger partial charge in [0.05, 0.1) is 10.7 Å². The highest BCUT2D eigenvalue weighted by Crippen LogP contribution is 2.30. The third-order valence-electron chi connectivity index (χ3n) is 2.86. The predicted octanol–water partition coefficient (Wildman–Crippen LogP) is 2.40. The number of hydrogen-bond donors (Lipinski definition) is 1. The zero-order valence-electron chi connectivity index (χ0n) is 9.45. The van der Waals surface area contributed by atoms with Crippen LogP contribution in [0.1, 0.15) is 12.8 Å². The molecule has 1 aliphatic rings. The maximum atomic E-state index is 6.00. The molecule has 4 heteroatoms. The Balaban J connectivity index is 1.84. The minimum Gasteiger partial charge on any atom is -0.489 e. The van der Waals surface area contributed by atoms with E-state index < -0.39 is 0 Å². The van der Waals surface area contributed by atoms with Gasteiger partial charge in [-0.3, -0.25) is 0 Å². The number of benzene rings is 1. The van der Waals surface area contributed by atoms with E-state index in [0.717, 1.165) is 12.6 Å². The highest BCUT2D eigenvalue weighted by atomic mass is 35.5. The largest absolute Gasteiger partial charge is 0.489 e. The maximum absolute atomic E-state index is 6.00. The van der Waals surface area contributed by atoms with E-state index in [1.54, 1.807) is 12.1 Å². The van der Waals surface area contributed by atoms with Gasteiger partial charge in [0.1, 0.15) is 6.61 Å². The molecule has 1 aromatic carbocycles. The van der Waals surface area contributed by atoms with Crippen LogP contribution in [0.4, 0.5) is 5.69 Å². The molecule has 0 spiro atoms. The first kappa shape index (κ1) is 11.6. The van der Waals surface area contributed by atoms with Crippen molar-refractivity contribution in [2.75, 3.05) is 25.9 Å². The minimum absolute atomic E-state index is 0.578. The van der Waals surface area contributed by atoms with Crippen molar-refractivity contribution >= 4 is 17.3 Å². The van der Waals surface area contributed by atoms with Crippen LogP contribution in [-0.2, 0) is 0 Å². The molecule has 1 saturated carbocycles. The van der Waals surface area contributed by atoms with Crippen molar-refractivity contribution in [3.8, 4) is 5.75 Å². The lowest BCUT2D eigenvalue weighted by Gasteiger charge is -2.17. The standard InChI is InChI=1S/C12H17ClN2O/c1-15(9-5-6-9)7-8-16-12-10(13)3-2-4-11(12)14/h2-4,9H,5-8,14H2,1H3. The molecule has 2 N–H and O–H groups in total. The number of anilines is 1. The normalized spacial score (nSPS) is 15.4. The average molecular weight is 241 g/mol. The van der Waals surface area contributed by atoms with Gasteiger partial charge in [-0.2, -0.15) is 0 Å². The second-order valence-corrected chi connectivity index (χ2v) is 4.63. The molecule has 0 aliphatic heterocycles. The molecule has 1 aromatic rings. The van der Waals surface area contributed by atoms with Crippen LogP contribution in [-0.4, -0.2) is 31.1 Å². The molecule has 0 radical (unpaired) electrons. The van der Waals surface area contributed by atoms with Crippen molar-refractivity contribution in [3.63, 3.8) is 0 Å². The minimum atomic E-state index is 0.578. The van der Waals surface area contributed by atoms with Gasteiger partial charge in [0.2, 0.25) is 0 Å². The average Bonchev–Trinajstić information content (AvgIpc) is 3.05. The number of para-hydroxylation sites is 1. The van der Waals surface area contributed by atoms with E-state index in [9.17, 15) is 0 Å². The summed E-state index contributed by atoms with van der Waals surface area (Å²) in [6, 6.07) is 6.16. The first-order chi connectivity index (χ1) is 7.68. The smallest absolute Gasteiger partial charge is 0.160 e. The lowest BCUT2D eigenvalue weighted by atomic mass is 10.3. The summed E-state index contributed by atoms with van der Waals surface area (Å²) < 4.78 is 5.62. The Morgan fingerprint density at radius 2 is 2.25 bits per heavy atom. The second kappa shape index (κ2) is 4.93. The first-order valence-corrected chi connectivity index (χ1v) is 5.93. The van der Waals surface area contributed by atoms with Crippen molar-refractivity contribution in [2.45, 2.75) is 18.9 Å². The molecule has 1 aliphatic carbocycles. The Morgan fingerprint density at radius 1 is 1.50 bits per heavy atom. The Labute approximate surface area is 101 Å². The number of nitrogens with two attached hydrogens (primary N) is 1. The lowest BCUT2D eigenvalue weighted by Crippen LogP contribution is -2.26. The molecule has 3 nitrogen and oxygen atoms in total. The summed E-state index contributed by atoms with van der Waals surface area (Å²) in [5.41, 5.74) is 6.39. The van der Waals surface area contributed by atoms with Crippen LogP contribution in [0.25, 0.3) is 0 Å². The van der Waals surface area contributed by atoms with Gasteiger partial charge in [-0.15, -0.1) is 0 Å². The fourth-order valence-electron chi connectivity index (χ4n) is 1.67. The van der Waals surface area contributed by atoms with Gasteiger partial charge in [-0.05, 0) is 32.0 Å². The summed E-state index contributed by atoms with van der Waals surface area (Å²) in [6.45, 7) is 1.54. The number of halogens is 1. The van der Waals surface area contributed by atoms with Gasteiger partial charge < -0.3 is 15.4 Å². The molecule has 0 unspecified atom stereocenters. The van der Waals surface area contributed by atoms with Crippen LogP contribution in [0.5, 0.6) is 5.75 Å². The highest BCUT2D eigenvalue weighted by molar-refractivity contribution is 6.32. The van der Waals surface area contributed by atoms with E-state index >= 15 is 0 Å². The summed E-state index contributed by atoms with van der Waals surface area (Å²) in [6.07, 6.45) is 2.62. The summed E-state index contributed by atoms with van der Waals surface area (Å²) >= 11 is 6.00. The topological polar surface area (TPSA) is 38.5 Å². The molecule has 0 heterocycles. The second-order valence-electron chi connectivity index (χ2n) is 4.22. The summed E-state index contributed by atoms with van der Waals surface area (Å²) in [7, 11) is 2.12. The number of hydrogen-bond acceptors (Lipinski definition) is 3. The van der Waals surface area contributed by atoms with Gasteiger partial charge in [-0.25, -0.2) is 0 Å². The molecule has 2 rings (SSSR count). The van der Waals surface area contributed by atoms with E-state index in [4.69, 9.17) is 22.1 Å². The molecule has 16 heavy (non-hydrogen) atoms. The monoisotopic (exact) mass is 240 g/mol. The maximum Gasteiger partial charge on any atom is 0.160 e. The Hall–Kier alpha value is -0.930. The summed E-state index contributed by atoms with van der Waals surface area (Å²) in [4.78, 5) is 2.31. The van der Waals surface area contributed by atoms with Crippen LogP contribution in [0.2, 0.25) is 5.02 Å². The zero-order chi connectivity index (χ0) is 11.5. The first-order valence-electron chi connectivity index (χ1n) is 5.55. The molecule has 0 atom stereocenters. The fourth-order valence-corrected chi connectivity index (χ4v) is 1.90. The number of rotatable bonds is 5. The van der Waals surface area contributed by atoms with Gasteiger partial charge >= 0.3 is 0 Å². The number of likely N-dealkylation sites (N-methyl/N-ethyl adjacent to an activating group) is 1. The SMILES string of the molecule is CN(CCOc1c(N)cccc1Cl)C1CC1. The van der Waals surface area contributed by atoms with E-state index in [-0.39, 0.29) is 0 Å². The third-order valence-corrected chi connectivity index (χ3v) is 3.16. The Kier molecular flexibility index (Phi) is 3.56.